The minimum absolute atomic E-state index is 0.127. The highest BCUT2D eigenvalue weighted by atomic mass is 16.3. The first-order chi connectivity index (χ1) is 13.2. The Kier molecular flexibility index (Phi) is 5.02. The van der Waals surface area contributed by atoms with E-state index < -0.39 is 0 Å². The van der Waals surface area contributed by atoms with Gasteiger partial charge in [-0.05, 0) is 29.5 Å². The van der Waals surface area contributed by atoms with Crippen molar-refractivity contribution in [2.24, 2.45) is 0 Å². The fraction of sp³-hybridized carbons (Fsp3) is 0.350. The lowest BCUT2D eigenvalue weighted by Gasteiger charge is -2.27. The molecule has 3 heterocycles. The summed E-state index contributed by atoms with van der Waals surface area (Å²) in [5.74, 6) is 0.457. The third kappa shape index (κ3) is 4.09. The van der Waals surface area contributed by atoms with Crippen molar-refractivity contribution in [1.82, 2.24) is 25.0 Å². The molecular formula is C20H23N5O2. The average molecular weight is 365 g/mol. The molecule has 3 aromatic rings. The maximum Gasteiger partial charge on any atom is 0.275 e. The molecule has 1 aliphatic heterocycles. The number of carbonyl (C=O) groups is 1. The number of H-pyrrole nitrogens is 1. The third-order valence-electron chi connectivity index (χ3n) is 4.98. The fourth-order valence-corrected chi connectivity index (χ4v) is 3.37. The normalized spacial score (nSPS) is 14.1. The first-order valence-corrected chi connectivity index (χ1v) is 9.15. The Labute approximate surface area is 158 Å². The fourth-order valence-electron chi connectivity index (χ4n) is 3.37. The lowest BCUT2D eigenvalue weighted by atomic mass is 10.00. The summed E-state index contributed by atoms with van der Waals surface area (Å²) in [6, 6.07) is 8.52. The number of hydrogen-bond donors (Lipinski definition) is 1. The first-order valence-electron chi connectivity index (χ1n) is 9.15. The number of amides is 1. The molecule has 7 heteroatoms. The Hall–Kier alpha value is -2.93. The van der Waals surface area contributed by atoms with Crippen LogP contribution in [-0.4, -0.2) is 51.0 Å². The molecule has 0 unspecified atom stereocenters. The molecule has 1 amide bonds. The number of hydrogen-bond acceptors (Lipinski definition) is 5. The summed E-state index contributed by atoms with van der Waals surface area (Å²) < 4.78 is 5.56. The van der Waals surface area contributed by atoms with Gasteiger partial charge in [0.1, 0.15) is 6.26 Å². The second-order valence-corrected chi connectivity index (χ2v) is 6.94. The second-order valence-electron chi connectivity index (χ2n) is 6.94. The SMILES string of the molecule is CN(CCc1cn[nH]c1)C(=O)c1coc(CN2CCc3ccccc3C2)n1. The van der Waals surface area contributed by atoms with Gasteiger partial charge in [0.25, 0.3) is 5.91 Å². The number of aromatic nitrogens is 3. The van der Waals surface area contributed by atoms with Gasteiger partial charge in [-0.25, -0.2) is 4.98 Å². The van der Waals surface area contributed by atoms with Crippen LogP contribution in [0.5, 0.6) is 0 Å². The molecule has 0 atom stereocenters. The van der Waals surface area contributed by atoms with Crippen molar-refractivity contribution in [2.45, 2.75) is 25.9 Å². The largest absolute Gasteiger partial charge is 0.447 e. The van der Waals surface area contributed by atoms with E-state index >= 15 is 0 Å². The van der Waals surface area contributed by atoms with Crippen LogP contribution in [0.3, 0.4) is 0 Å². The summed E-state index contributed by atoms with van der Waals surface area (Å²) >= 11 is 0. The predicted molar refractivity (Wildman–Crippen MR) is 100 cm³/mol. The smallest absolute Gasteiger partial charge is 0.275 e. The molecule has 1 aliphatic rings. The van der Waals surface area contributed by atoms with Crippen LogP contribution in [-0.2, 0) is 25.9 Å². The van der Waals surface area contributed by atoms with Crippen LogP contribution in [0.2, 0.25) is 0 Å². The zero-order valence-electron chi connectivity index (χ0n) is 15.4. The van der Waals surface area contributed by atoms with E-state index in [0.717, 1.165) is 31.5 Å². The lowest BCUT2D eigenvalue weighted by Crippen LogP contribution is -2.30. The number of rotatable bonds is 6. The molecule has 0 bridgehead atoms. The molecule has 2 aromatic heterocycles. The average Bonchev–Trinajstić information content (AvgIpc) is 3.37. The van der Waals surface area contributed by atoms with E-state index in [1.807, 2.05) is 6.20 Å². The zero-order valence-corrected chi connectivity index (χ0v) is 15.4. The standard InChI is InChI=1S/C20H23N5O2/c1-24(8-6-15-10-21-22-11-15)20(26)18-14-27-19(23-18)13-25-9-7-16-4-2-3-5-17(16)12-25/h2-5,10-11,14H,6-9,12-13H2,1H3,(H,21,22). The maximum absolute atomic E-state index is 12.5. The van der Waals surface area contributed by atoms with Crippen molar-refractivity contribution in [3.8, 4) is 0 Å². The topological polar surface area (TPSA) is 78.3 Å². The van der Waals surface area contributed by atoms with E-state index in [9.17, 15) is 4.79 Å². The molecule has 0 saturated carbocycles. The number of benzene rings is 1. The molecule has 4 rings (SSSR count). The summed E-state index contributed by atoms with van der Waals surface area (Å²) in [6.07, 6.45) is 6.84. The van der Waals surface area contributed by atoms with Crippen molar-refractivity contribution in [1.29, 1.82) is 0 Å². The van der Waals surface area contributed by atoms with Crippen LogP contribution in [0.1, 0.15) is 33.1 Å². The molecule has 0 spiro atoms. The first kappa shape index (κ1) is 17.5. The second kappa shape index (κ2) is 7.75. The van der Waals surface area contributed by atoms with E-state index in [2.05, 4.69) is 44.3 Å². The van der Waals surface area contributed by atoms with E-state index in [0.29, 0.717) is 24.7 Å². The maximum atomic E-state index is 12.5. The van der Waals surface area contributed by atoms with Gasteiger partial charge in [0.05, 0.1) is 12.7 Å². The van der Waals surface area contributed by atoms with Crippen LogP contribution in [0.4, 0.5) is 0 Å². The number of oxazole rings is 1. The molecule has 140 valence electrons. The molecular weight excluding hydrogens is 342 g/mol. The summed E-state index contributed by atoms with van der Waals surface area (Å²) in [5, 5.41) is 6.69. The Morgan fingerprint density at radius 2 is 2.19 bits per heavy atom. The number of aromatic amines is 1. The van der Waals surface area contributed by atoms with Gasteiger partial charge in [0.2, 0.25) is 5.89 Å². The molecule has 0 aliphatic carbocycles. The number of nitrogens with one attached hydrogen (secondary N) is 1. The molecule has 27 heavy (non-hydrogen) atoms. The third-order valence-corrected chi connectivity index (χ3v) is 4.98. The summed E-state index contributed by atoms with van der Waals surface area (Å²) in [4.78, 5) is 20.9. The van der Waals surface area contributed by atoms with Crippen molar-refractivity contribution in [3.05, 3.63) is 71.2 Å². The van der Waals surface area contributed by atoms with Crippen LogP contribution in [0.15, 0.2) is 47.3 Å². The summed E-state index contributed by atoms with van der Waals surface area (Å²) in [7, 11) is 1.78. The van der Waals surface area contributed by atoms with Crippen LogP contribution in [0.25, 0.3) is 0 Å². The molecule has 1 aromatic carbocycles. The van der Waals surface area contributed by atoms with Crippen LogP contribution in [0, 0.1) is 0 Å². The van der Waals surface area contributed by atoms with Crippen molar-refractivity contribution >= 4 is 5.91 Å². The number of fused-ring (bicyclic) bond motifs is 1. The Morgan fingerprint density at radius 1 is 1.33 bits per heavy atom. The zero-order chi connectivity index (χ0) is 18.6. The Balaban J connectivity index is 1.33. The van der Waals surface area contributed by atoms with Crippen molar-refractivity contribution in [2.75, 3.05) is 20.1 Å². The molecule has 1 N–H and O–H groups in total. The highest BCUT2D eigenvalue weighted by Gasteiger charge is 2.20. The van der Waals surface area contributed by atoms with Gasteiger partial charge in [-0.15, -0.1) is 0 Å². The minimum atomic E-state index is -0.127. The summed E-state index contributed by atoms with van der Waals surface area (Å²) in [5.41, 5.74) is 4.19. The highest BCUT2D eigenvalue weighted by molar-refractivity contribution is 5.91. The lowest BCUT2D eigenvalue weighted by molar-refractivity contribution is 0.0790. The minimum Gasteiger partial charge on any atom is -0.447 e. The van der Waals surface area contributed by atoms with E-state index in [1.165, 1.54) is 17.4 Å². The number of carbonyl (C=O) groups excluding carboxylic acids is 1. The van der Waals surface area contributed by atoms with Crippen LogP contribution >= 0.6 is 0 Å². The van der Waals surface area contributed by atoms with E-state index in [1.54, 1.807) is 18.1 Å². The molecule has 0 radical (unpaired) electrons. The molecule has 0 fully saturated rings. The van der Waals surface area contributed by atoms with E-state index in [4.69, 9.17) is 4.42 Å². The van der Waals surface area contributed by atoms with Gasteiger partial charge in [-0.1, -0.05) is 24.3 Å². The Morgan fingerprint density at radius 3 is 3.00 bits per heavy atom. The van der Waals surface area contributed by atoms with E-state index in [-0.39, 0.29) is 5.91 Å². The molecule has 7 nitrogen and oxygen atoms in total. The van der Waals surface area contributed by atoms with Gasteiger partial charge in [-0.2, -0.15) is 5.10 Å². The predicted octanol–water partition coefficient (Wildman–Crippen LogP) is 2.27. The van der Waals surface area contributed by atoms with Crippen molar-refractivity contribution < 1.29 is 9.21 Å². The number of likely N-dealkylation sites (N-methyl/N-ethyl adjacent to an activating group) is 1. The molecule has 0 saturated heterocycles. The van der Waals surface area contributed by atoms with Crippen molar-refractivity contribution in [3.63, 3.8) is 0 Å². The Bertz CT molecular complexity index is 903. The van der Waals surface area contributed by atoms with Gasteiger partial charge in [0.15, 0.2) is 5.69 Å². The monoisotopic (exact) mass is 365 g/mol. The highest BCUT2D eigenvalue weighted by Crippen LogP contribution is 2.20. The number of nitrogens with zero attached hydrogens (tertiary/aromatic N) is 4. The van der Waals surface area contributed by atoms with Gasteiger partial charge >= 0.3 is 0 Å². The van der Waals surface area contributed by atoms with Gasteiger partial charge in [-0.3, -0.25) is 14.8 Å². The van der Waals surface area contributed by atoms with Gasteiger partial charge < -0.3 is 9.32 Å². The van der Waals surface area contributed by atoms with Crippen LogP contribution < -0.4 is 0 Å². The quantitative estimate of drug-likeness (QED) is 0.725. The van der Waals surface area contributed by atoms with Gasteiger partial charge in [0, 0.05) is 32.9 Å². The summed E-state index contributed by atoms with van der Waals surface area (Å²) in [6.45, 7) is 3.06.